The van der Waals surface area contributed by atoms with Crippen molar-refractivity contribution in [1.29, 1.82) is 0 Å². The number of hydrogen-bond acceptors (Lipinski definition) is 6. The van der Waals surface area contributed by atoms with Crippen molar-refractivity contribution in [2.45, 2.75) is 51.0 Å². The molecule has 3 atom stereocenters. The summed E-state index contributed by atoms with van der Waals surface area (Å²) in [6, 6.07) is 9.03. The normalized spacial score (nSPS) is 20.4. The zero-order valence-electron chi connectivity index (χ0n) is 16.8. The Labute approximate surface area is 179 Å². The van der Waals surface area contributed by atoms with Crippen LogP contribution < -0.4 is 10.9 Å². The van der Waals surface area contributed by atoms with Crippen molar-refractivity contribution in [1.82, 2.24) is 19.9 Å². The van der Waals surface area contributed by atoms with Crippen molar-refractivity contribution in [3.05, 3.63) is 57.6 Å². The third kappa shape index (κ3) is 4.39. The topological polar surface area (TPSA) is 100 Å². The fraction of sp³-hybridized carbons (Fsp3) is 0.409. The summed E-state index contributed by atoms with van der Waals surface area (Å²) in [6.45, 7) is 2.80. The Hall–Kier alpha value is -2.32. The number of hydrogen-bond donors (Lipinski definition) is 3. The molecule has 0 amide bonds. The summed E-state index contributed by atoms with van der Waals surface area (Å²) < 4.78 is 1.39. The van der Waals surface area contributed by atoms with Crippen LogP contribution in [0.25, 0.3) is 22.3 Å². The molecule has 1 aliphatic rings. The molecule has 3 aromatic rings. The second-order valence-corrected chi connectivity index (χ2v) is 8.33. The van der Waals surface area contributed by atoms with Gasteiger partial charge in [0.25, 0.3) is 5.56 Å². The number of nitrogens with zero attached hydrogens (tertiary/aromatic N) is 3. The van der Waals surface area contributed by atoms with Gasteiger partial charge in [0.05, 0.1) is 36.3 Å². The van der Waals surface area contributed by atoms with E-state index in [4.69, 9.17) is 11.6 Å². The minimum Gasteiger partial charge on any atom is -0.392 e. The first kappa shape index (κ1) is 20.9. The Kier molecular flexibility index (Phi) is 6.15. The highest BCUT2D eigenvalue weighted by atomic mass is 35.5. The SMILES string of the molecule is Cc1cc(-c2cccc(Cl)c2)nc2c(=O)n(CC(O)C[C@H]3NCCC[C@@H]3O)cnc12. The lowest BCUT2D eigenvalue weighted by Crippen LogP contribution is -2.47. The Morgan fingerprint density at radius 3 is 2.93 bits per heavy atom. The Morgan fingerprint density at radius 1 is 1.33 bits per heavy atom. The molecule has 4 rings (SSSR count). The lowest BCUT2D eigenvalue weighted by molar-refractivity contribution is 0.0539. The molecule has 0 radical (unpaired) electrons. The second-order valence-electron chi connectivity index (χ2n) is 7.89. The summed E-state index contributed by atoms with van der Waals surface area (Å²) in [5, 5.41) is 24.4. The molecule has 0 aliphatic carbocycles. The van der Waals surface area contributed by atoms with Crippen LogP contribution >= 0.6 is 11.6 Å². The summed E-state index contributed by atoms with van der Waals surface area (Å²) in [5.74, 6) is 0. The van der Waals surface area contributed by atoms with Crippen molar-refractivity contribution in [3.63, 3.8) is 0 Å². The zero-order valence-corrected chi connectivity index (χ0v) is 17.5. The lowest BCUT2D eigenvalue weighted by Gasteiger charge is -2.30. The first-order valence-corrected chi connectivity index (χ1v) is 10.5. The summed E-state index contributed by atoms with van der Waals surface area (Å²) in [6.07, 6.45) is 2.18. The predicted octanol–water partition coefficient (Wildman–Crippen LogP) is 2.28. The minimum absolute atomic E-state index is 0.0921. The molecule has 1 saturated heterocycles. The van der Waals surface area contributed by atoms with Gasteiger partial charge in [-0.05, 0) is 56.5 Å². The van der Waals surface area contributed by atoms with Crippen molar-refractivity contribution in [3.8, 4) is 11.3 Å². The van der Waals surface area contributed by atoms with Gasteiger partial charge in [-0.1, -0.05) is 23.7 Å². The zero-order chi connectivity index (χ0) is 21.3. The van der Waals surface area contributed by atoms with E-state index < -0.39 is 12.2 Å². The van der Waals surface area contributed by atoms with Gasteiger partial charge >= 0.3 is 0 Å². The van der Waals surface area contributed by atoms with E-state index in [-0.39, 0.29) is 23.7 Å². The number of halogens is 1. The predicted molar refractivity (Wildman–Crippen MR) is 117 cm³/mol. The van der Waals surface area contributed by atoms with E-state index >= 15 is 0 Å². The number of rotatable bonds is 5. The molecule has 1 fully saturated rings. The van der Waals surface area contributed by atoms with Gasteiger partial charge in [0.2, 0.25) is 0 Å². The van der Waals surface area contributed by atoms with Gasteiger partial charge in [-0.3, -0.25) is 9.36 Å². The first-order chi connectivity index (χ1) is 14.4. The van der Waals surface area contributed by atoms with E-state index in [0.29, 0.717) is 22.7 Å². The lowest BCUT2D eigenvalue weighted by atomic mass is 9.96. The molecule has 3 heterocycles. The van der Waals surface area contributed by atoms with Crippen LogP contribution in [-0.2, 0) is 6.54 Å². The van der Waals surface area contributed by atoms with Gasteiger partial charge < -0.3 is 15.5 Å². The van der Waals surface area contributed by atoms with Crippen LogP contribution in [0.2, 0.25) is 5.02 Å². The second kappa shape index (κ2) is 8.81. The molecule has 8 heteroatoms. The van der Waals surface area contributed by atoms with Crippen LogP contribution in [0.3, 0.4) is 0 Å². The minimum atomic E-state index is -0.788. The number of pyridine rings is 1. The van der Waals surface area contributed by atoms with Gasteiger partial charge in [0, 0.05) is 16.6 Å². The van der Waals surface area contributed by atoms with Crippen molar-refractivity contribution in [2.75, 3.05) is 6.54 Å². The number of piperidine rings is 1. The molecule has 0 bridgehead atoms. The number of fused-ring (bicyclic) bond motifs is 1. The number of aryl methyl sites for hydroxylation is 1. The Morgan fingerprint density at radius 2 is 2.17 bits per heavy atom. The van der Waals surface area contributed by atoms with E-state index in [0.717, 1.165) is 30.5 Å². The average molecular weight is 429 g/mol. The molecular weight excluding hydrogens is 404 g/mol. The van der Waals surface area contributed by atoms with Gasteiger partial charge in [0.15, 0.2) is 5.52 Å². The first-order valence-electron chi connectivity index (χ1n) is 10.1. The molecular formula is C22H25ClN4O3. The van der Waals surface area contributed by atoms with E-state index in [1.807, 2.05) is 25.1 Å². The number of benzene rings is 1. The maximum atomic E-state index is 13.1. The number of aromatic nitrogens is 3. The Balaban J connectivity index is 1.63. The average Bonchev–Trinajstić information content (AvgIpc) is 2.72. The molecule has 2 aromatic heterocycles. The molecule has 1 aromatic carbocycles. The van der Waals surface area contributed by atoms with Gasteiger partial charge in [-0.15, -0.1) is 0 Å². The Bertz CT molecular complexity index is 1120. The van der Waals surface area contributed by atoms with Crippen LogP contribution in [0.15, 0.2) is 41.5 Å². The fourth-order valence-electron chi connectivity index (χ4n) is 3.99. The monoisotopic (exact) mass is 428 g/mol. The van der Waals surface area contributed by atoms with Crippen molar-refractivity contribution < 1.29 is 10.2 Å². The molecule has 0 saturated carbocycles. The largest absolute Gasteiger partial charge is 0.392 e. The van der Waals surface area contributed by atoms with E-state index in [1.54, 1.807) is 12.1 Å². The standard InChI is InChI=1S/C22H25ClN4O3/c1-13-8-17(14-4-2-5-15(23)9-14)26-21-20(13)25-12-27(22(21)30)11-16(28)10-18-19(29)6-3-7-24-18/h2,4-5,8-9,12,16,18-19,24,28-29H,3,6-7,10-11H2,1H3/t16?,18-,19+/m1/s1. The van der Waals surface area contributed by atoms with Crippen LogP contribution in [0.5, 0.6) is 0 Å². The molecule has 7 nitrogen and oxygen atoms in total. The van der Waals surface area contributed by atoms with E-state index in [2.05, 4.69) is 15.3 Å². The van der Waals surface area contributed by atoms with Crippen LogP contribution in [0.1, 0.15) is 24.8 Å². The van der Waals surface area contributed by atoms with Crippen molar-refractivity contribution >= 4 is 22.6 Å². The van der Waals surface area contributed by atoms with E-state index in [9.17, 15) is 15.0 Å². The molecule has 1 aliphatic heterocycles. The van der Waals surface area contributed by atoms with E-state index in [1.165, 1.54) is 10.9 Å². The van der Waals surface area contributed by atoms with Gasteiger partial charge in [-0.2, -0.15) is 0 Å². The van der Waals surface area contributed by atoms with Crippen LogP contribution in [-0.4, -0.2) is 49.5 Å². The molecule has 158 valence electrons. The fourth-order valence-corrected chi connectivity index (χ4v) is 4.18. The number of nitrogens with one attached hydrogen (secondary N) is 1. The highest BCUT2D eigenvalue weighted by Gasteiger charge is 2.25. The molecule has 3 N–H and O–H groups in total. The summed E-state index contributed by atoms with van der Waals surface area (Å²) >= 11 is 6.10. The summed E-state index contributed by atoms with van der Waals surface area (Å²) in [5.41, 5.74) is 2.81. The van der Waals surface area contributed by atoms with Gasteiger partial charge in [0.1, 0.15) is 0 Å². The highest BCUT2D eigenvalue weighted by Crippen LogP contribution is 2.24. The molecule has 0 spiro atoms. The smallest absolute Gasteiger partial charge is 0.279 e. The molecule has 1 unspecified atom stereocenters. The summed E-state index contributed by atoms with van der Waals surface area (Å²) in [7, 11) is 0. The summed E-state index contributed by atoms with van der Waals surface area (Å²) in [4.78, 5) is 22.0. The van der Waals surface area contributed by atoms with Crippen molar-refractivity contribution in [2.24, 2.45) is 0 Å². The number of aliphatic hydroxyl groups excluding tert-OH is 2. The quantitative estimate of drug-likeness (QED) is 0.576. The molecule has 30 heavy (non-hydrogen) atoms. The van der Waals surface area contributed by atoms with Crippen LogP contribution in [0, 0.1) is 6.92 Å². The maximum Gasteiger partial charge on any atom is 0.279 e. The third-order valence-electron chi connectivity index (χ3n) is 5.57. The van der Waals surface area contributed by atoms with Gasteiger partial charge in [-0.25, -0.2) is 9.97 Å². The highest BCUT2D eigenvalue weighted by molar-refractivity contribution is 6.30. The third-order valence-corrected chi connectivity index (χ3v) is 5.81. The maximum absolute atomic E-state index is 13.1. The number of aliphatic hydroxyl groups is 2. The van der Waals surface area contributed by atoms with Crippen LogP contribution in [0.4, 0.5) is 0 Å².